The number of rotatable bonds is 3. The molecule has 1 fully saturated rings. The first-order chi connectivity index (χ1) is 8.21. The SMILES string of the molecule is N#CC1(CNc2ccc3oc(=O)[nH]c3c2)CC1. The van der Waals surface area contributed by atoms with E-state index in [1.54, 1.807) is 6.07 Å². The van der Waals surface area contributed by atoms with Crippen molar-refractivity contribution in [2.24, 2.45) is 5.41 Å². The molecule has 0 atom stereocenters. The van der Waals surface area contributed by atoms with E-state index < -0.39 is 5.76 Å². The number of nitrogens with one attached hydrogen (secondary N) is 2. The van der Waals surface area contributed by atoms with Gasteiger partial charge in [0.2, 0.25) is 0 Å². The van der Waals surface area contributed by atoms with E-state index in [0.29, 0.717) is 17.6 Å². The van der Waals surface area contributed by atoms with Gasteiger partial charge in [0, 0.05) is 12.2 Å². The topological polar surface area (TPSA) is 81.8 Å². The summed E-state index contributed by atoms with van der Waals surface area (Å²) in [5.74, 6) is -0.451. The number of H-pyrrole nitrogens is 1. The van der Waals surface area contributed by atoms with Crippen molar-refractivity contribution in [2.75, 3.05) is 11.9 Å². The van der Waals surface area contributed by atoms with Crippen molar-refractivity contribution in [1.29, 1.82) is 5.26 Å². The molecule has 2 aromatic rings. The number of anilines is 1. The van der Waals surface area contributed by atoms with Crippen molar-refractivity contribution in [2.45, 2.75) is 12.8 Å². The lowest BCUT2D eigenvalue weighted by Crippen LogP contribution is -2.13. The quantitative estimate of drug-likeness (QED) is 0.841. The van der Waals surface area contributed by atoms with Gasteiger partial charge in [-0.1, -0.05) is 0 Å². The number of aromatic amines is 1. The molecular weight excluding hydrogens is 218 g/mol. The highest BCUT2D eigenvalue weighted by molar-refractivity contribution is 5.76. The Labute approximate surface area is 97.0 Å². The van der Waals surface area contributed by atoms with Crippen molar-refractivity contribution in [3.63, 3.8) is 0 Å². The van der Waals surface area contributed by atoms with Gasteiger partial charge in [0.15, 0.2) is 5.58 Å². The van der Waals surface area contributed by atoms with Gasteiger partial charge in [-0.05, 0) is 31.0 Å². The number of hydrogen-bond donors (Lipinski definition) is 2. The molecule has 0 radical (unpaired) electrons. The fraction of sp³-hybridized carbons (Fsp3) is 0.333. The Bertz CT molecular complexity index is 658. The maximum atomic E-state index is 11.0. The van der Waals surface area contributed by atoms with Crippen LogP contribution in [-0.4, -0.2) is 11.5 Å². The van der Waals surface area contributed by atoms with Crippen molar-refractivity contribution in [3.05, 3.63) is 28.7 Å². The summed E-state index contributed by atoms with van der Waals surface area (Å²) in [6.45, 7) is 0.650. The second kappa shape index (κ2) is 3.39. The summed E-state index contributed by atoms with van der Waals surface area (Å²) < 4.78 is 4.91. The zero-order valence-electron chi connectivity index (χ0n) is 9.12. The largest absolute Gasteiger partial charge is 0.417 e. The summed E-state index contributed by atoms with van der Waals surface area (Å²) >= 11 is 0. The van der Waals surface area contributed by atoms with Gasteiger partial charge in [0.05, 0.1) is 17.0 Å². The van der Waals surface area contributed by atoms with E-state index in [0.717, 1.165) is 18.5 Å². The zero-order chi connectivity index (χ0) is 11.9. The minimum Gasteiger partial charge on any atom is -0.408 e. The average molecular weight is 229 g/mol. The molecule has 0 bridgehead atoms. The second-order valence-electron chi connectivity index (χ2n) is 4.47. The van der Waals surface area contributed by atoms with Crippen LogP contribution in [0.3, 0.4) is 0 Å². The Morgan fingerprint density at radius 2 is 2.35 bits per heavy atom. The number of hydrogen-bond acceptors (Lipinski definition) is 4. The summed E-state index contributed by atoms with van der Waals surface area (Å²) in [6, 6.07) is 7.72. The highest BCUT2D eigenvalue weighted by Gasteiger charge is 2.42. The van der Waals surface area contributed by atoms with Crippen LogP contribution in [0.1, 0.15) is 12.8 Å². The smallest absolute Gasteiger partial charge is 0.408 e. The van der Waals surface area contributed by atoms with Crippen LogP contribution in [0.4, 0.5) is 5.69 Å². The predicted octanol–water partition coefficient (Wildman–Crippen LogP) is 1.84. The number of nitrogens with zero attached hydrogens (tertiary/aromatic N) is 1. The highest BCUT2D eigenvalue weighted by atomic mass is 16.4. The summed E-state index contributed by atoms with van der Waals surface area (Å²) in [5.41, 5.74) is 1.92. The zero-order valence-corrected chi connectivity index (χ0v) is 9.12. The molecule has 0 unspecified atom stereocenters. The number of aromatic nitrogens is 1. The molecule has 5 nitrogen and oxygen atoms in total. The van der Waals surface area contributed by atoms with E-state index in [4.69, 9.17) is 9.68 Å². The standard InChI is InChI=1S/C12H11N3O2/c13-6-12(3-4-12)7-14-8-1-2-10-9(5-8)15-11(16)17-10/h1-2,5,14H,3-4,7H2,(H,15,16). The van der Waals surface area contributed by atoms with E-state index in [2.05, 4.69) is 16.4 Å². The molecule has 0 amide bonds. The van der Waals surface area contributed by atoms with Crippen molar-refractivity contribution in [1.82, 2.24) is 4.98 Å². The third kappa shape index (κ3) is 1.78. The van der Waals surface area contributed by atoms with Crippen LogP contribution in [0.5, 0.6) is 0 Å². The number of benzene rings is 1. The van der Waals surface area contributed by atoms with Crippen molar-refractivity contribution < 1.29 is 4.42 Å². The van der Waals surface area contributed by atoms with Crippen molar-refractivity contribution >= 4 is 16.8 Å². The fourth-order valence-electron chi connectivity index (χ4n) is 1.81. The molecule has 5 heteroatoms. The molecule has 86 valence electrons. The van der Waals surface area contributed by atoms with Gasteiger partial charge in [-0.3, -0.25) is 4.98 Å². The Kier molecular flexibility index (Phi) is 1.99. The Morgan fingerprint density at radius 1 is 1.53 bits per heavy atom. The molecule has 1 aromatic heterocycles. The molecule has 1 aliphatic carbocycles. The van der Waals surface area contributed by atoms with Crippen LogP contribution >= 0.6 is 0 Å². The number of nitriles is 1. The second-order valence-corrected chi connectivity index (χ2v) is 4.47. The summed E-state index contributed by atoms with van der Waals surface area (Å²) in [6.07, 6.45) is 1.92. The van der Waals surface area contributed by atoms with E-state index >= 15 is 0 Å². The molecular formula is C12H11N3O2. The first-order valence-electron chi connectivity index (χ1n) is 5.49. The lowest BCUT2D eigenvalue weighted by Gasteiger charge is -2.08. The van der Waals surface area contributed by atoms with Crippen LogP contribution in [0.25, 0.3) is 11.1 Å². The molecule has 1 aliphatic rings. The van der Waals surface area contributed by atoms with Gasteiger partial charge in [-0.2, -0.15) is 5.26 Å². The lowest BCUT2D eigenvalue weighted by molar-refractivity contribution is 0.555. The molecule has 0 saturated heterocycles. The minimum atomic E-state index is -0.451. The predicted molar refractivity (Wildman–Crippen MR) is 62.6 cm³/mol. The first kappa shape index (κ1) is 9.97. The highest BCUT2D eigenvalue weighted by Crippen LogP contribution is 2.44. The lowest BCUT2D eigenvalue weighted by atomic mass is 10.1. The van der Waals surface area contributed by atoms with Gasteiger partial charge in [0.1, 0.15) is 0 Å². The first-order valence-corrected chi connectivity index (χ1v) is 5.49. The van der Waals surface area contributed by atoms with Crippen LogP contribution in [0.2, 0.25) is 0 Å². The normalized spacial score (nSPS) is 16.6. The molecule has 0 aliphatic heterocycles. The number of oxazole rings is 1. The van der Waals surface area contributed by atoms with Crippen LogP contribution < -0.4 is 11.1 Å². The van der Waals surface area contributed by atoms with Gasteiger partial charge in [0.25, 0.3) is 0 Å². The van der Waals surface area contributed by atoms with E-state index in [1.807, 2.05) is 12.1 Å². The molecule has 2 N–H and O–H groups in total. The van der Waals surface area contributed by atoms with Crippen LogP contribution in [0, 0.1) is 16.7 Å². The molecule has 1 saturated carbocycles. The Morgan fingerprint density at radius 3 is 3.06 bits per heavy atom. The Balaban J connectivity index is 1.81. The Hall–Kier alpha value is -2.22. The van der Waals surface area contributed by atoms with E-state index in [1.165, 1.54) is 0 Å². The monoisotopic (exact) mass is 229 g/mol. The van der Waals surface area contributed by atoms with Gasteiger partial charge < -0.3 is 9.73 Å². The fourth-order valence-corrected chi connectivity index (χ4v) is 1.81. The van der Waals surface area contributed by atoms with Gasteiger partial charge >= 0.3 is 5.76 Å². The van der Waals surface area contributed by atoms with Crippen LogP contribution in [0.15, 0.2) is 27.4 Å². The van der Waals surface area contributed by atoms with Gasteiger partial charge in [-0.25, -0.2) is 4.79 Å². The average Bonchev–Trinajstić information content (AvgIpc) is 3.01. The molecule has 3 rings (SSSR count). The maximum absolute atomic E-state index is 11.0. The number of fused-ring (bicyclic) bond motifs is 1. The van der Waals surface area contributed by atoms with Gasteiger partial charge in [-0.15, -0.1) is 0 Å². The van der Waals surface area contributed by atoms with Crippen molar-refractivity contribution in [3.8, 4) is 6.07 Å². The third-order valence-corrected chi connectivity index (χ3v) is 3.14. The van der Waals surface area contributed by atoms with E-state index in [9.17, 15) is 4.79 Å². The molecule has 1 aromatic carbocycles. The third-order valence-electron chi connectivity index (χ3n) is 3.14. The summed E-state index contributed by atoms with van der Waals surface area (Å²) in [7, 11) is 0. The van der Waals surface area contributed by atoms with Crippen LogP contribution in [-0.2, 0) is 0 Å². The summed E-state index contributed by atoms with van der Waals surface area (Å²) in [5, 5.41) is 12.2. The molecule has 1 heterocycles. The summed E-state index contributed by atoms with van der Waals surface area (Å²) in [4.78, 5) is 13.6. The molecule has 17 heavy (non-hydrogen) atoms. The minimum absolute atomic E-state index is 0.182. The van der Waals surface area contributed by atoms with E-state index in [-0.39, 0.29) is 5.41 Å². The maximum Gasteiger partial charge on any atom is 0.417 e. The molecule has 0 spiro atoms.